The second-order valence-electron chi connectivity index (χ2n) is 6.05. The summed E-state index contributed by atoms with van der Waals surface area (Å²) in [5, 5.41) is 23.3. The molecule has 2 aromatic carbocycles. The van der Waals surface area contributed by atoms with Gasteiger partial charge in [-0.15, -0.1) is 0 Å². The van der Waals surface area contributed by atoms with Crippen molar-refractivity contribution in [3.05, 3.63) is 59.2 Å². The zero-order valence-corrected chi connectivity index (χ0v) is 14.6. The van der Waals surface area contributed by atoms with Crippen LogP contribution in [0.3, 0.4) is 0 Å². The maximum absolute atomic E-state index is 12.6. The number of rotatable bonds is 6. The predicted molar refractivity (Wildman–Crippen MR) is 98.2 cm³/mol. The van der Waals surface area contributed by atoms with E-state index in [1.807, 2.05) is 0 Å². The Hall–Kier alpha value is -3.68. The summed E-state index contributed by atoms with van der Waals surface area (Å²) in [5.41, 5.74) is -0.0777. The topological polar surface area (TPSA) is 133 Å². The fourth-order valence-corrected chi connectivity index (χ4v) is 2.21. The summed E-state index contributed by atoms with van der Waals surface area (Å²) in [6.07, 6.45) is 0. The monoisotopic (exact) mass is 370 g/mol. The van der Waals surface area contributed by atoms with Crippen LogP contribution in [-0.4, -0.2) is 34.0 Å². The predicted octanol–water partition coefficient (Wildman–Crippen LogP) is 2.93. The molecule has 0 spiro atoms. The number of carbonyl (C=O) groups excluding carboxylic acids is 2. The first-order valence-corrected chi connectivity index (χ1v) is 8.02. The molecule has 0 aliphatic rings. The minimum atomic E-state index is -1.32. The number of hydrogen-bond donors (Lipinski definition) is 4. The van der Waals surface area contributed by atoms with Gasteiger partial charge in [-0.2, -0.15) is 0 Å². The molecular weight excluding hydrogens is 352 g/mol. The van der Waals surface area contributed by atoms with E-state index in [9.17, 15) is 19.2 Å². The van der Waals surface area contributed by atoms with Crippen LogP contribution in [0.1, 0.15) is 44.9 Å². The zero-order valence-electron chi connectivity index (χ0n) is 14.6. The molecule has 2 amide bonds. The summed E-state index contributed by atoms with van der Waals surface area (Å²) in [7, 11) is 0. The number of carbonyl (C=O) groups is 4. The van der Waals surface area contributed by atoms with E-state index in [4.69, 9.17) is 10.2 Å². The molecule has 0 aliphatic heterocycles. The van der Waals surface area contributed by atoms with Crippen LogP contribution < -0.4 is 10.6 Å². The van der Waals surface area contributed by atoms with Gasteiger partial charge in [0.15, 0.2) is 0 Å². The second kappa shape index (κ2) is 8.13. The lowest BCUT2D eigenvalue weighted by Crippen LogP contribution is -2.21. The number of anilines is 2. The maximum Gasteiger partial charge on any atom is 0.335 e. The molecule has 0 heterocycles. The Balaban J connectivity index is 2.34. The highest BCUT2D eigenvalue weighted by atomic mass is 16.4. The number of carboxylic acid groups (broad SMARTS) is 2. The Morgan fingerprint density at radius 1 is 0.852 bits per heavy atom. The smallest absolute Gasteiger partial charge is 0.335 e. The number of benzene rings is 2. The van der Waals surface area contributed by atoms with Gasteiger partial charge in [-0.3, -0.25) is 9.59 Å². The molecule has 0 bridgehead atoms. The number of aromatic carboxylic acids is 2. The number of carboxylic acids is 2. The van der Waals surface area contributed by atoms with E-state index in [1.54, 1.807) is 32.0 Å². The molecule has 0 radical (unpaired) electrons. The quantitative estimate of drug-likeness (QED) is 0.618. The number of hydrogen-bond acceptors (Lipinski definition) is 4. The number of amides is 2. The van der Waals surface area contributed by atoms with E-state index < -0.39 is 17.8 Å². The lowest BCUT2D eigenvalue weighted by atomic mass is 10.1. The van der Waals surface area contributed by atoms with Crippen LogP contribution >= 0.6 is 0 Å². The Morgan fingerprint density at radius 3 is 1.93 bits per heavy atom. The molecule has 0 unspecified atom stereocenters. The number of nitrogens with one attached hydrogen (secondary N) is 2. The van der Waals surface area contributed by atoms with E-state index in [0.29, 0.717) is 5.69 Å². The molecule has 27 heavy (non-hydrogen) atoms. The summed E-state index contributed by atoms with van der Waals surface area (Å²) in [6, 6.07) is 9.62. The van der Waals surface area contributed by atoms with Gasteiger partial charge in [0, 0.05) is 11.6 Å². The highest BCUT2D eigenvalue weighted by Crippen LogP contribution is 2.20. The SMILES string of the molecule is CC(C)C(=O)Nc1ccccc1C(=O)Nc1cc(C(=O)O)cc(C(=O)O)c1. The van der Waals surface area contributed by atoms with Crippen molar-refractivity contribution in [3.8, 4) is 0 Å². The van der Waals surface area contributed by atoms with Gasteiger partial charge < -0.3 is 20.8 Å². The van der Waals surface area contributed by atoms with Crippen molar-refractivity contribution in [3.63, 3.8) is 0 Å². The molecular formula is C19H18N2O6. The van der Waals surface area contributed by atoms with E-state index in [0.717, 1.165) is 18.2 Å². The van der Waals surface area contributed by atoms with Gasteiger partial charge in [0.1, 0.15) is 0 Å². The van der Waals surface area contributed by atoms with Crippen molar-refractivity contribution in [1.29, 1.82) is 0 Å². The summed E-state index contributed by atoms with van der Waals surface area (Å²) in [6.45, 7) is 3.42. The standard InChI is InChI=1S/C19H18N2O6/c1-10(2)16(22)21-15-6-4-3-5-14(15)17(23)20-13-8-11(18(24)25)7-12(9-13)19(26)27/h3-10H,1-2H3,(H,20,23)(H,21,22)(H,24,25)(H,26,27). The first-order valence-electron chi connectivity index (χ1n) is 8.02. The van der Waals surface area contributed by atoms with E-state index in [1.165, 1.54) is 6.07 Å². The summed E-state index contributed by atoms with van der Waals surface area (Å²) in [5.74, 6) is -3.81. The average Bonchev–Trinajstić information content (AvgIpc) is 2.61. The van der Waals surface area contributed by atoms with Crippen LogP contribution in [0.15, 0.2) is 42.5 Å². The third-order valence-electron chi connectivity index (χ3n) is 3.64. The van der Waals surface area contributed by atoms with E-state index in [2.05, 4.69) is 10.6 Å². The lowest BCUT2D eigenvalue weighted by Gasteiger charge is -2.13. The van der Waals surface area contributed by atoms with Gasteiger partial charge in [0.25, 0.3) is 5.91 Å². The van der Waals surface area contributed by atoms with Crippen LogP contribution in [0.4, 0.5) is 11.4 Å². The fraction of sp³-hybridized carbons (Fsp3) is 0.158. The van der Waals surface area contributed by atoms with Gasteiger partial charge in [-0.1, -0.05) is 26.0 Å². The number of para-hydroxylation sites is 1. The molecule has 0 aromatic heterocycles. The van der Waals surface area contributed by atoms with Crippen molar-refractivity contribution in [1.82, 2.24) is 0 Å². The third kappa shape index (κ3) is 4.91. The van der Waals surface area contributed by atoms with Gasteiger partial charge in [0.05, 0.1) is 22.4 Å². The molecule has 140 valence electrons. The average molecular weight is 370 g/mol. The molecule has 8 heteroatoms. The molecule has 4 N–H and O–H groups in total. The maximum atomic E-state index is 12.6. The van der Waals surface area contributed by atoms with Crippen LogP contribution in [0.2, 0.25) is 0 Å². The van der Waals surface area contributed by atoms with E-state index in [-0.39, 0.29) is 34.2 Å². The minimum Gasteiger partial charge on any atom is -0.478 e. The van der Waals surface area contributed by atoms with Crippen LogP contribution in [0.5, 0.6) is 0 Å². The molecule has 0 saturated heterocycles. The Labute approximate surface area is 154 Å². The highest BCUT2D eigenvalue weighted by Gasteiger charge is 2.17. The van der Waals surface area contributed by atoms with Crippen molar-refractivity contribution in [2.24, 2.45) is 5.92 Å². The first-order chi connectivity index (χ1) is 12.7. The van der Waals surface area contributed by atoms with Crippen LogP contribution in [0, 0.1) is 5.92 Å². The molecule has 2 aromatic rings. The fourth-order valence-electron chi connectivity index (χ4n) is 2.21. The van der Waals surface area contributed by atoms with Crippen molar-refractivity contribution in [2.75, 3.05) is 10.6 Å². The molecule has 0 atom stereocenters. The highest BCUT2D eigenvalue weighted by molar-refractivity contribution is 6.11. The normalized spacial score (nSPS) is 10.3. The van der Waals surface area contributed by atoms with Crippen molar-refractivity contribution >= 4 is 35.1 Å². The van der Waals surface area contributed by atoms with E-state index >= 15 is 0 Å². The van der Waals surface area contributed by atoms with Gasteiger partial charge >= 0.3 is 11.9 Å². The van der Waals surface area contributed by atoms with Gasteiger partial charge in [0.2, 0.25) is 5.91 Å². The minimum absolute atomic E-state index is 0.0160. The first kappa shape index (κ1) is 19.6. The molecule has 8 nitrogen and oxygen atoms in total. The van der Waals surface area contributed by atoms with Crippen LogP contribution in [-0.2, 0) is 4.79 Å². The zero-order chi connectivity index (χ0) is 20.1. The summed E-state index contributed by atoms with van der Waals surface area (Å²) >= 11 is 0. The van der Waals surface area contributed by atoms with Crippen molar-refractivity contribution < 1.29 is 29.4 Å². The largest absolute Gasteiger partial charge is 0.478 e. The molecule has 0 saturated carbocycles. The Bertz CT molecular complexity index is 888. The third-order valence-corrected chi connectivity index (χ3v) is 3.64. The molecule has 0 aliphatic carbocycles. The van der Waals surface area contributed by atoms with Gasteiger partial charge in [-0.05, 0) is 30.3 Å². The molecule has 2 rings (SSSR count). The Morgan fingerprint density at radius 2 is 1.41 bits per heavy atom. The summed E-state index contributed by atoms with van der Waals surface area (Å²) < 4.78 is 0. The Kier molecular flexibility index (Phi) is 5.92. The lowest BCUT2D eigenvalue weighted by molar-refractivity contribution is -0.118. The van der Waals surface area contributed by atoms with Crippen LogP contribution in [0.25, 0.3) is 0 Å². The van der Waals surface area contributed by atoms with Gasteiger partial charge in [-0.25, -0.2) is 9.59 Å². The molecule has 0 fully saturated rings. The summed E-state index contributed by atoms with van der Waals surface area (Å²) in [4.78, 5) is 46.8. The second-order valence-corrected chi connectivity index (χ2v) is 6.05. The van der Waals surface area contributed by atoms with Crippen molar-refractivity contribution in [2.45, 2.75) is 13.8 Å².